The van der Waals surface area contributed by atoms with Gasteiger partial charge in [0.15, 0.2) is 0 Å². The third-order valence-corrected chi connectivity index (χ3v) is 6.88. The number of rotatable bonds is 11. The van der Waals surface area contributed by atoms with Gasteiger partial charge in [0.2, 0.25) is 0 Å². The minimum Gasteiger partial charge on any atom is -0.380 e. The van der Waals surface area contributed by atoms with Gasteiger partial charge in [0.25, 0.3) is 0 Å². The van der Waals surface area contributed by atoms with Crippen LogP contribution < -0.4 is 5.32 Å². The average molecular weight is 440 g/mol. The van der Waals surface area contributed by atoms with Crippen LogP contribution in [0.1, 0.15) is 55.0 Å². The van der Waals surface area contributed by atoms with Crippen LogP contribution in [0.25, 0.3) is 5.57 Å². The van der Waals surface area contributed by atoms with E-state index in [4.69, 9.17) is 4.74 Å². The third-order valence-electron chi connectivity index (χ3n) is 6.88. The van der Waals surface area contributed by atoms with E-state index in [0.29, 0.717) is 12.6 Å². The Labute approximate surface area is 199 Å². The predicted molar refractivity (Wildman–Crippen MR) is 140 cm³/mol. The van der Waals surface area contributed by atoms with Crippen molar-refractivity contribution in [1.29, 1.82) is 0 Å². The van der Waals surface area contributed by atoms with E-state index in [9.17, 15) is 0 Å². The number of hydrogen-bond donors (Lipinski definition) is 1. The minimum absolute atomic E-state index is 0.147. The number of allylic oxidation sites excluding steroid dienone is 1. The van der Waals surface area contributed by atoms with Gasteiger partial charge in [-0.3, -0.25) is 0 Å². The lowest BCUT2D eigenvalue weighted by Crippen LogP contribution is -2.42. The van der Waals surface area contributed by atoms with Crippen LogP contribution in [-0.2, 0) is 23.0 Å². The average Bonchev–Trinajstić information content (AvgIpc) is 3.17. The van der Waals surface area contributed by atoms with Crippen molar-refractivity contribution in [3.63, 3.8) is 0 Å². The van der Waals surface area contributed by atoms with Crippen LogP contribution in [0.2, 0.25) is 0 Å². The molecule has 0 bridgehead atoms. The van der Waals surface area contributed by atoms with E-state index in [1.54, 1.807) is 0 Å². The summed E-state index contributed by atoms with van der Waals surface area (Å²) < 4.78 is 6.12. The minimum atomic E-state index is -0.147. The van der Waals surface area contributed by atoms with Gasteiger partial charge in [-0.2, -0.15) is 0 Å². The SMILES string of the molecule is CCOCC1(CNC(C)CC)C=C(Cc2ccccc2)c2c(Cc3ccccc3)cccc21. The first-order chi connectivity index (χ1) is 16.1. The Morgan fingerprint density at radius 3 is 2.12 bits per heavy atom. The molecule has 0 amide bonds. The molecule has 2 heteroatoms. The number of nitrogens with one attached hydrogen (secondary N) is 1. The van der Waals surface area contributed by atoms with Crippen LogP contribution in [0.4, 0.5) is 0 Å². The van der Waals surface area contributed by atoms with E-state index >= 15 is 0 Å². The largest absolute Gasteiger partial charge is 0.380 e. The lowest BCUT2D eigenvalue weighted by atomic mass is 9.81. The highest BCUT2D eigenvalue weighted by atomic mass is 16.5. The van der Waals surface area contributed by atoms with Gasteiger partial charge < -0.3 is 10.1 Å². The van der Waals surface area contributed by atoms with Crippen LogP contribution in [0.15, 0.2) is 84.9 Å². The van der Waals surface area contributed by atoms with E-state index in [2.05, 4.69) is 111 Å². The molecule has 0 aliphatic heterocycles. The first-order valence-electron chi connectivity index (χ1n) is 12.4. The van der Waals surface area contributed by atoms with Gasteiger partial charge in [0, 0.05) is 19.2 Å². The summed E-state index contributed by atoms with van der Waals surface area (Å²) in [5.41, 5.74) is 8.22. The normalized spacial score (nSPS) is 18.1. The second-order valence-corrected chi connectivity index (χ2v) is 9.32. The molecule has 3 aromatic rings. The quantitative estimate of drug-likeness (QED) is 0.364. The maximum absolute atomic E-state index is 6.12. The van der Waals surface area contributed by atoms with E-state index in [1.165, 1.54) is 33.4 Å². The van der Waals surface area contributed by atoms with Gasteiger partial charge in [-0.25, -0.2) is 0 Å². The number of benzene rings is 3. The summed E-state index contributed by atoms with van der Waals surface area (Å²) in [7, 11) is 0. The first-order valence-corrected chi connectivity index (χ1v) is 12.4. The molecule has 4 rings (SSSR count). The fourth-order valence-electron chi connectivity index (χ4n) is 4.90. The molecule has 0 aromatic heterocycles. The molecule has 2 nitrogen and oxygen atoms in total. The van der Waals surface area contributed by atoms with Gasteiger partial charge >= 0.3 is 0 Å². The molecule has 1 aliphatic carbocycles. The van der Waals surface area contributed by atoms with Crippen molar-refractivity contribution in [2.24, 2.45) is 0 Å². The van der Waals surface area contributed by atoms with Crippen LogP contribution >= 0.6 is 0 Å². The van der Waals surface area contributed by atoms with Crippen molar-refractivity contribution >= 4 is 5.57 Å². The predicted octanol–water partition coefficient (Wildman–Crippen LogP) is 6.58. The summed E-state index contributed by atoms with van der Waals surface area (Å²) in [5, 5.41) is 3.79. The monoisotopic (exact) mass is 439 g/mol. The molecule has 0 saturated heterocycles. The fraction of sp³-hybridized carbons (Fsp3) is 0.355. The van der Waals surface area contributed by atoms with Crippen LogP contribution in [0.3, 0.4) is 0 Å². The maximum atomic E-state index is 6.12. The molecular formula is C31H37NO. The van der Waals surface area contributed by atoms with E-state index < -0.39 is 0 Å². The Morgan fingerprint density at radius 1 is 0.818 bits per heavy atom. The van der Waals surface area contributed by atoms with Gasteiger partial charge in [-0.05, 0) is 66.5 Å². The zero-order chi connectivity index (χ0) is 23.1. The highest BCUT2D eigenvalue weighted by Gasteiger charge is 2.39. The Hall–Kier alpha value is -2.68. The lowest BCUT2D eigenvalue weighted by molar-refractivity contribution is 0.108. The van der Waals surface area contributed by atoms with Crippen molar-refractivity contribution in [1.82, 2.24) is 5.32 Å². The Morgan fingerprint density at radius 2 is 1.48 bits per heavy atom. The van der Waals surface area contributed by atoms with Crippen molar-refractivity contribution < 1.29 is 4.74 Å². The Kier molecular flexibility index (Phi) is 7.80. The molecule has 2 unspecified atom stereocenters. The standard InChI is InChI=1S/C31H37NO/c1-4-24(3)32-22-31(23-33-5-2)21-28(20-26-15-10-7-11-16-26)30-27(17-12-18-29(30)31)19-25-13-8-6-9-14-25/h6-18,21,24,32H,4-5,19-20,22-23H2,1-3H3. The smallest absolute Gasteiger partial charge is 0.0610 e. The molecular weight excluding hydrogens is 402 g/mol. The van der Waals surface area contributed by atoms with E-state index in [1.807, 2.05) is 0 Å². The fourth-order valence-corrected chi connectivity index (χ4v) is 4.90. The summed E-state index contributed by atoms with van der Waals surface area (Å²) >= 11 is 0. The molecule has 3 aromatic carbocycles. The van der Waals surface area contributed by atoms with Crippen LogP contribution in [0, 0.1) is 0 Å². The van der Waals surface area contributed by atoms with E-state index in [-0.39, 0.29) is 5.41 Å². The first kappa shape index (κ1) is 23.5. The van der Waals surface area contributed by atoms with E-state index in [0.717, 1.165) is 32.4 Å². The topological polar surface area (TPSA) is 21.3 Å². The second kappa shape index (κ2) is 11.0. The van der Waals surface area contributed by atoms with Crippen molar-refractivity contribution in [3.05, 3.63) is 113 Å². The second-order valence-electron chi connectivity index (χ2n) is 9.32. The molecule has 0 heterocycles. The molecule has 0 fully saturated rings. The third kappa shape index (κ3) is 5.46. The molecule has 0 radical (unpaired) electrons. The highest BCUT2D eigenvalue weighted by Crippen LogP contribution is 2.44. The summed E-state index contributed by atoms with van der Waals surface area (Å²) in [6.07, 6.45) is 5.52. The summed E-state index contributed by atoms with van der Waals surface area (Å²) in [4.78, 5) is 0. The zero-order valence-corrected chi connectivity index (χ0v) is 20.3. The molecule has 0 saturated carbocycles. The Balaban J connectivity index is 1.79. The zero-order valence-electron chi connectivity index (χ0n) is 20.3. The summed E-state index contributed by atoms with van der Waals surface area (Å²) in [6.45, 7) is 8.92. The number of ether oxygens (including phenoxy) is 1. The van der Waals surface area contributed by atoms with Crippen molar-refractivity contribution in [2.75, 3.05) is 19.8 Å². The number of hydrogen-bond acceptors (Lipinski definition) is 2. The highest BCUT2D eigenvalue weighted by molar-refractivity contribution is 5.80. The molecule has 33 heavy (non-hydrogen) atoms. The van der Waals surface area contributed by atoms with Gasteiger partial charge in [0.05, 0.1) is 12.0 Å². The molecule has 172 valence electrons. The summed E-state index contributed by atoms with van der Waals surface area (Å²) in [5.74, 6) is 0. The molecule has 2 atom stereocenters. The molecule has 1 aliphatic rings. The van der Waals surface area contributed by atoms with Gasteiger partial charge in [0.1, 0.15) is 0 Å². The van der Waals surface area contributed by atoms with Crippen LogP contribution in [0.5, 0.6) is 0 Å². The van der Waals surface area contributed by atoms with Crippen LogP contribution in [-0.4, -0.2) is 25.8 Å². The maximum Gasteiger partial charge on any atom is 0.0610 e. The Bertz CT molecular complexity index is 1060. The number of fused-ring (bicyclic) bond motifs is 1. The molecule has 0 spiro atoms. The lowest BCUT2D eigenvalue weighted by Gasteiger charge is -2.31. The van der Waals surface area contributed by atoms with Gasteiger partial charge in [-0.15, -0.1) is 0 Å². The van der Waals surface area contributed by atoms with Crippen molar-refractivity contribution in [2.45, 2.75) is 51.5 Å². The summed E-state index contributed by atoms with van der Waals surface area (Å²) in [6, 6.07) is 29.0. The van der Waals surface area contributed by atoms with Crippen molar-refractivity contribution in [3.8, 4) is 0 Å². The van der Waals surface area contributed by atoms with Gasteiger partial charge in [-0.1, -0.05) is 91.9 Å². The molecule has 1 N–H and O–H groups in total.